The van der Waals surface area contributed by atoms with Crippen LogP contribution in [0.25, 0.3) is 0 Å². The van der Waals surface area contributed by atoms with Crippen molar-refractivity contribution in [3.63, 3.8) is 0 Å². The van der Waals surface area contributed by atoms with E-state index in [9.17, 15) is 9.18 Å². The Morgan fingerprint density at radius 3 is 2.58 bits per heavy atom. The molecule has 1 amide bonds. The number of rotatable bonds is 4. The van der Waals surface area contributed by atoms with Gasteiger partial charge in [-0.25, -0.2) is 4.39 Å². The van der Waals surface area contributed by atoms with Gasteiger partial charge in [0.25, 0.3) is 5.91 Å². The Morgan fingerprint density at radius 1 is 1.32 bits per heavy atom. The van der Waals surface area contributed by atoms with Gasteiger partial charge in [0, 0.05) is 17.8 Å². The van der Waals surface area contributed by atoms with E-state index in [1.807, 2.05) is 24.6 Å². The van der Waals surface area contributed by atoms with E-state index in [0.717, 1.165) is 11.4 Å². The lowest BCUT2D eigenvalue weighted by atomic mass is 10.2. The lowest BCUT2D eigenvalue weighted by Crippen LogP contribution is -2.27. The summed E-state index contributed by atoms with van der Waals surface area (Å²) in [5.74, 6) is -0.555. The average Bonchev–Trinajstić information content (AvgIpc) is 2.68. The fourth-order valence-electron chi connectivity index (χ4n) is 1.88. The van der Waals surface area contributed by atoms with Gasteiger partial charge in [0.05, 0.1) is 12.2 Å². The second kappa shape index (κ2) is 5.65. The van der Waals surface area contributed by atoms with Crippen LogP contribution in [0.1, 0.15) is 21.7 Å². The van der Waals surface area contributed by atoms with Gasteiger partial charge in [-0.2, -0.15) is 5.10 Å². The van der Waals surface area contributed by atoms with Crippen LogP contribution in [0.4, 0.5) is 4.39 Å². The Balaban J connectivity index is 1.87. The van der Waals surface area contributed by atoms with Crippen LogP contribution in [-0.4, -0.2) is 22.2 Å². The van der Waals surface area contributed by atoms with Crippen molar-refractivity contribution in [3.05, 3.63) is 53.1 Å². The maximum Gasteiger partial charge on any atom is 0.251 e. The number of aryl methyl sites for hydroxylation is 2. The van der Waals surface area contributed by atoms with Crippen molar-refractivity contribution in [3.8, 4) is 0 Å². The number of benzene rings is 1. The number of halogens is 1. The number of hydrogen-bond acceptors (Lipinski definition) is 2. The van der Waals surface area contributed by atoms with E-state index in [4.69, 9.17) is 0 Å². The van der Waals surface area contributed by atoms with E-state index in [0.29, 0.717) is 18.7 Å². The molecule has 0 saturated carbocycles. The van der Waals surface area contributed by atoms with Gasteiger partial charge in [-0.05, 0) is 44.2 Å². The molecule has 1 aromatic heterocycles. The summed E-state index contributed by atoms with van der Waals surface area (Å²) in [6, 6.07) is 7.47. The lowest BCUT2D eigenvalue weighted by Gasteiger charge is -2.07. The molecule has 0 spiro atoms. The Kier molecular flexibility index (Phi) is 3.94. The van der Waals surface area contributed by atoms with Gasteiger partial charge >= 0.3 is 0 Å². The summed E-state index contributed by atoms with van der Waals surface area (Å²) in [5.41, 5.74) is 2.48. The van der Waals surface area contributed by atoms with E-state index in [1.165, 1.54) is 24.3 Å². The molecule has 5 heteroatoms. The van der Waals surface area contributed by atoms with Gasteiger partial charge in [-0.15, -0.1) is 0 Å². The Labute approximate surface area is 111 Å². The third kappa shape index (κ3) is 3.40. The highest BCUT2D eigenvalue weighted by molar-refractivity contribution is 5.94. The third-order valence-electron chi connectivity index (χ3n) is 2.82. The van der Waals surface area contributed by atoms with Crippen molar-refractivity contribution in [1.82, 2.24) is 15.1 Å². The second-order valence-electron chi connectivity index (χ2n) is 4.41. The Bertz CT molecular complexity index is 575. The van der Waals surface area contributed by atoms with Gasteiger partial charge < -0.3 is 5.32 Å². The molecule has 4 nitrogen and oxygen atoms in total. The molecule has 0 radical (unpaired) electrons. The zero-order chi connectivity index (χ0) is 13.8. The van der Waals surface area contributed by atoms with Crippen LogP contribution in [0.2, 0.25) is 0 Å². The number of nitrogens with one attached hydrogen (secondary N) is 1. The highest BCUT2D eigenvalue weighted by Gasteiger charge is 2.05. The number of carbonyl (C=O) groups excluding carboxylic acids is 1. The molecule has 0 bridgehead atoms. The van der Waals surface area contributed by atoms with E-state index in [1.54, 1.807) is 0 Å². The van der Waals surface area contributed by atoms with E-state index >= 15 is 0 Å². The SMILES string of the molecule is Cc1cc(C)n(CCNC(=O)c2ccc(F)cc2)n1. The first-order valence-electron chi connectivity index (χ1n) is 6.11. The first-order chi connectivity index (χ1) is 9.06. The monoisotopic (exact) mass is 261 g/mol. The summed E-state index contributed by atoms with van der Waals surface area (Å²) < 4.78 is 14.6. The van der Waals surface area contributed by atoms with Crippen LogP contribution in [0.15, 0.2) is 30.3 Å². The molecular weight excluding hydrogens is 245 g/mol. The molecule has 2 aromatic rings. The fourth-order valence-corrected chi connectivity index (χ4v) is 1.88. The van der Waals surface area contributed by atoms with Crippen LogP contribution in [0.5, 0.6) is 0 Å². The summed E-state index contributed by atoms with van der Waals surface area (Å²) in [4.78, 5) is 11.8. The summed E-state index contributed by atoms with van der Waals surface area (Å²) in [5, 5.41) is 7.09. The van der Waals surface area contributed by atoms with Crippen molar-refractivity contribution in [2.24, 2.45) is 0 Å². The molecule has 1 heterocycles. The van der Waals surface area contributed by atoms with Crippen molar-refractivity contribution in [2.45, 2.75) is 20.4 Å². The van der Waals surface area contributed by atoms with E-state index in [-0.39, 0.29) is 11.7 Å². The summed E-state index contributed by atoms with van der Waals surface area (Å²) in [6.45, 7) is 5.01. The minimum atomic E-state index is -0.348. The highest BCUT2D eigenvalue weighted by atomic mass is 19.1. The molecule has 100 valence electrons. The van der Waals surface area contributed by atoms with Crippen molar-refractivity contribution in [2.75, 3.05) is 6.54 Å². The van der Waals surface area contributed by atoms with Gasteiger partial charge in [-0.3, -0.25) is 9.48 Å². The number of amides is 1. The van der Waals surface area contributed by atoms with Crippen molar-refractivity contribution in [1.29, 1.82) is 0 Å². The van der Waals surface area contributed by atoms with E-state index in [2.05, 4.69) is 10.4 Å². The zero-order valence-corrected chi connectivity index (χ0v) is 11.0. The van der Waals surface area contributed by atoms with Crippen LogP contribution >= 0.6 is 0 Å². The molecule has 0 unspecified atom stereocenters. The normalized spacial score (nSPS) is 10.5. The predicted molar refractivity (Wildman–Crippen MR) is 70.4 cm³/mol. The molecular formula is C14H16FN3O. The molecule has 19 heavy (non-hydrogen) atoms. The molecule has 2 rings (SSSR count). The first-order valence-corrected chi connectivity index (χ1v) is 6.11. The molecule has 1 N–H and O–H groups in total. The number of aromatic nitrogens is 2. The molecule has 0 atom stereocenters. The van der Waals surface area contributed by atoms with Crippen molar-refractivity contribution >= 4 is 5.91 Å². The smallest absolute Gasteiger partial charge is 0.251 e. The standard InChI is InChI=1S/C14H16FN3O/c1-10-9-11(2)18(17-10)8-7-16-14(19)12-3-5-13(15)6-4-12/h3-6,9H,7-8H2,1-2H3,(H,16,19). The van der Waals surface area contributed by atoms with Crippen molar-refractivity contribution < 1.29 is 9.18 Å². The van der Waals surface area contributed by atoms with Gasteiger partial charge in [0.2, 0.25) is 0 Å². The zero-order valence-electron chi connectivity index (χ0n) is 11.0. The van der Waals surface area contributed by atoms with Crippen LogP contribution in [0.3, 0.4) is 0 Å². The van der Waals surface area contributed by atoms with E-state index < -0.39 is 0 Å². The molecule has 0 saturated heterocycles. The minimum Gasteiger partial charge on any atom is -0.350 e. The molecule has 0 aliphatic rings. The first kappa shape index (κ1) is 13.3. The van der Waals surface area contributed by atoms with Crippen LogP contribution in [0, 0.1) is 19.7 Å². The molecule has 0 fully saturated rings. The molecule has 0 aliphatic heterocycles. The number of carbonyl (C=O) groups is 1. The fraction of sp³-hybridized carbons (Fsp3) is 0.286. The Hall–Kier alpha value is -2.17. The topological polar surface area (TPSA) is 46.9 Å². The van der Waals surface area contributed by atoms with Gasteiger partial charge in [0.15, 0.2) is 0 Å². The Morgan fingerprint density at radius 2 is 2.00 bits per heavy atom. The van der Waals surface area contributed by atoms with Gasteiger partial charge in [0.1, 0.15) is 5.82 Å². The number of nitrogens with zero attached hydrogens (tertiary/aromatic N) is 2. The van der Waals surface area contributed by atoms with Crippen LogP contribution in [-0.2, 0) is 6.54 Å². The summed E-state index contributed by atoms with van der Waals surface area (Å²) >= 11 is 0. The van der Waals surface area contributed by atoms with Gasteiger partial charge in [-0.1, -0.05) is 0 Å². The molecule has 1 aromatic carbocycles. The molecule has 0 aliphatic carbocycles. The summed E-state index contributed by atoms with van der Waals surface area (Å²) in [6.07, 6.45) is 0. The second-order valence-corrected chi connectivity index (χ2v) is 4.41. The predicted octanol–water partition coefficient (Wildman–Crippen LogP) is 2.07. The largest absolute Gasteiger partial charge is 0.350 e. The van der Waals surface area contributed by atoms with Crippen LogP contribution < -0.4 is 5.32 Å². The lowest BCUT2D eigenvalue weighted by molar-refractivity contribution is 0.0952. The highest BCUT2D eigenvalue weighted by Crippen LogP contribution is 2.03. The quantitative estimate of drug-likeness (QED) is 0.915. The maximum atomic E-state index is 12.7. The number of hydrogen-bond donors (Lipinski definition) is 1. The third-order valence-corrected chi connectivity index (χ3v) is 2.82. The maximum absolute atomic E-state index is 12.7. The average molecular weight is 261 g/mol. The summed E-state index contributed by atoms with van der Waals surface area (Å²) in [7, 11) is 0. The minimum absolute atomic E-state index is 0.207.